The van der Waals surface area contributed by atoms with Crippen LogP contribution in [-0.4, -0.2) is 14.5 Å². The second-order valence-corrected chi connectivity index (χ2v) is 7.87. The van der Waals surface area contributed by atoms with E-state index in [9.17, 15) is 8.42 Å². The smallest absolute Gasteiger partial charge is 0.212 e. The van der Waals surface area contributed by atoms with Crippen LogP contribution in [0, 0.1) is 16.7 Å². The molecule has 1 aliphatic rings. The van der Waals surface area contributed by atoms with Crippen LogP contribution in [0.2, 0.25) is 0 Å². The summed E-state index contributed by atoms with van der Waals surface area (Å²) in [5.41, 5.74) is 1.26. The lowest BCUT2D eigenvalue weighted by atomic mass is 9.88. The molecule has 0 bridgehead atoms. The van der Waals surface area contributed by atoms with Gasteiger partial charge in [0.2, 0.25) is 10.0 Å². The Hall–Kier alpha value is -1.38. The summed E-state index contributed by atoms with van der Waals surface area (Å²) in [4.78, 5) is 0. The molecule has 5 heteroatoms. The number of hydrogen-bond donors (Lipinski definition) is 1. The van der Waals surface area contributed by atoms with Crippen LogP contribution in [0.15, 0.2) is 24.3 Å². The lowest BCUT2D eigenvalue weighted by molar-refractivity contribution is 0.313. The lowest BCUT2D eigenvalue weighted by Gasteiger charge is -2.27. The van der Waals surface area contributed by atoms with Crippen molar-refractivity contribution in [3.8, 4) is 6.07 Å². The fourth-order valence-electron chi connectivity index (χ4n) is 2.70. The molecule has 0 aliphatic heterocycles. The zero-order valence-corrected chi connectivity index (χ0v) is 12.7. The van der Waals surface area contributed by atoms with Crippen LogP contribution in [0.1, 0.15) is 44.2 Å². The molecule has 20 heavy (non-hydrogen) atoms. The van der Waals surface area contributed by atoms with Gasteiger partial charge in [0.15, 0.2) is 0 Å². The van der Waals surface area contributed by atoms with Gasteiger partial charge in [-0.25, -0.2) is 13.1 Å². The van der Waals surface area contributed by atoms with Crippen LogP contribution in [0.5, 0.6) is 0 Å². The third-order valence-corrected chi connectivity index (χ3v) is 5.38. The SMILES string of the molecule is CC1(C)CCCC1NS(=O)(=O)Cc1ccc(C#N)cc1. The van der Waals surface area contributed by atoms with E-state index < -0.39 is 10.0 Å². The molecule has 1 atom stereocenters. The van der Waals surface area contributed by atoms with Crippen LogP contribution in [0.4, 0.5) is 0 Å². The highest BCUT2D eigenvalue weighted by Crippen LogP contribution is 2.37. The number of nitriles is 1. The largest absolute Gasteiger partial charge is 0.216 e. The minimum Gasteiger partial charge on any atom is -0.212 e. The maximum Gasteiger partial charge on any atom is 0.216 e. The average Bonchev–Trinajstić information content (AvgIpc) is 2.68. The molecule has 4 nitrogen and oxygen atoms in total. The van der Waals surface area contributed by atoms with E-state index in [0.717, 1.165) is 19.3 Å². The summed E-state index contributed by atoms with van der Waals surface area (Å²) in [5, 5.41) is 8.73. The van der Waals surface area contributed by atoms with E-state index in [4.69, 9.17) is 5.26 Å². The molecule has 0 spiro atoms. The Morgan fingerprint density at radius 2 is 2.00 bits per heavy atom. The second kappa shape index (κ2) is 5.55. The van der Waals surface area contributed by atoms with Crippen molar-refractivity contribution >= 4 is 10.0 Å². The van der Waals surface area contributed by atoms with Gasteiger partial charge in [0, 0.05) is 6.04 Å². The summed E-state index contributed by atoms with van der Waals surface area (Å²) in [5.74, 6) is -0.0364. The Morgan fingerprint density at radius 1 is 1.35 bits per heavy atom. The van der Waals surface area contributed by atoms with Gasteiger partial charge in [0.05, 0.1) is 17.4 Å². The maximum atomic E-state index is 12.2. The van der Waals surface area contributed by atoms with Gasteiger partial charge in [0.1, 0.15) is 0 Å². The summed E-state index contributed by atoms with van der Waals surface area (Å²) in [6.45, 7) is 4.21. The van der Waals surface area contributed by atoms with E-state index in [1.807, 2.05) is 6.07 Å². The van der Waals surface area contributed by atoms with Crippen molar-refractivity contribution in [2.24, 2.45) is 5.41 Å². The first kappa shape index (κ1) is 15.0. The second-order valence-electron chi connectivity index (χ2n) is 6.12. The average molecular weight is 292 g/mol. The Bertz CT molecular complexity index is 612. The molecule has 2 rings (SSSR count). The molecule has 1 saturated carbocycles. The van der Waals surface area contributed by atoms with E-state index in [2.05, 4.69) is 18.6 Å². The van der Waals surface area contributed by atoms with Gasteiger partial charge in [-0.2, -0.15) is 5.26 Å². The highest BCUT2D eigenvalue weighted by Gasteiger charge is 2.36. The van der Waals surface area contributed by atoms with Gasteiger partial charge >= 0.3 is 0 Å². The zero-order chi connectivity index (χ0) is 14.8. The fourth-order valence-corrected chi connectivity index (χ4v) is 4.28. The molecule has 1 aliphatic carbocycles. The summed E-state index contributed by atoms with van der Waals surface area (Å²) in [7, 11) is -3.34. The van der Waals surface area contributed by atoms with Gasteiger partial charge in [-0.05, 0) is 36.0 Å². The van der Waals surface area contributed by atoms with Gasteiger partial charge in [-0.15, -0.1) is 0 Å². The van der Waals surface area contributed by atoms with Crippen LogP contribution in [0.3, 0.4) is 0 Å². The van der Waals surface area contributed by atoms with Gasteiger partial charge in [0.25, 0.3) is 0 Å². The van der Waals surface area contributed by atoms with Crippen LogP contribution in [0.25, 0.3) is 0 Å². The van der Waals surface area contributed by atoms with Crippen molar-refractivity contribution in [2.75, 3.05) is 0 Å². The quantitative estimate of drug-likeness (QED) is 0.927. The number of sulfonamides is 1. The van der Waals surface area contributed by atoms with Crippen LogP contribution in [-0.2, 0) is 15.8 Å². The van der Waals surface area contributed by atoms with E-state index in [1.165, 1.54) is 0 Å². The van der Waals surface area contributed by atoms with E-state index >= 15 is 0 Å². The normalized spacial score (nSPS) is 21.6. The summed E-state index contributed by atoms with van der Waals surface area (Å²) < 4.78 is 27.3. The van der Waals surface area contributed by atoms with Crippen LogP contribution >= 0.6 is 0 Å². The summed E-state index contributed by atoms with van der Waals surface area (Å²) in [6, 6.07) is 8.71. The summed E-state index contributed by atoms with van der Waals surface area (Å²) in [6.07, 6.45) is 3.02. The molecule has 1 aromatic rings. The minimum absolute atomic E-state index is 0.0193. The monoisotopic (exact) mass is 292 g/mol. The van der Waals surface area contributed by atoms with Gasteiger partial charge < -0.3 is 0 Å². The molecule has 1 unspecified atom stereocenters. The molecule has 0 aromatic heterocycles. The molecule has 108 valence electrons. The number of nitrogens with one attached hydrogen (secondary N) is 1. The number of rotatable bonds is 4. The highest BCUT2D eigenvalue weighted by molar-refractivity contribution is 7.88. The fraction of sp³-hybridized carbons (Fsp3) is 0.533. The van der Waals surface area contributed by atoms with Crippen molar-refractivity contribution in [3.05, 3.63) is 35.4 Å². The first-order valence-corrected chi connectivity index (χ1v) is 8.47. The van der Waals surface area contributed by atoms with Crippen molar-refractivity contribution < 1.29 is 8.42 Å². The third kappa shape index (κ3) is 3.59. The number of benzene rings is 1. The van der Waals surface area contributed by atoms with Crippen molar-refractivity contribution in [2.45, 2.75) is 44.9 Å². The zero-order valence-electron chi connectivity index (χ0n) is 11.9. The predicted molar refractivity (Wildman–Crippen MR) is 78.3 cm³/mol. The van der Waals surface area contributed by atoms with Crippen molar-refractivity contribution in [1.82, 2.24) is 4.72 Å². The third-order valence-electron chi connectivity index (χ3n) is 4.02. The Morgan fingerprint density at radius 3 is 2.50 bits per heavy atom. The maximum absolute atomic E-state index is 12.2. The van der Waals surface area contributed by atoms with E-state index in [-0.39, 0.29) is 17.2 Å². The highest BCUT2D eigenvalue weighted by atomic mass is 32.2. The minimum atomic E-state index is -3.34. The topological polar surface area (TPSA) is 70.0 Å². The lowest BCUT2D eigenvalue weighted by Crippen LogP contribution is -2.41. The summed E-state index contributed by atoms with van der Waals surface area (Å²) >= 11 is 0. The molecule has 0 saturated heterocycles. The first-order valence-electron chi connectivity index (χ1n) is 6.81. The van der Waals surface area contributed by atoms with Crippen molar-refractivity contribution in [3.63, 3.8) is 0 Å². The number of hydrogen-bond acceptors (Lipinski definition) is 3. The Labute approximate surface area is 120 Å². The molecule has 0 heterocycles. The molecule has 1 fully saturated rings. The molecule has 0 radical (unpaired) electrons. The van der Waals surface area contributed by atoms with E-state index in [0.29, 0.717) is 11.1 Å². The van der Waals surface area contributed by atoms with Crippen molar-refractivity contribution in [1.29, 1.82) is 5.26 Å². The molecular weight excluding hydrogens is 272 g/mol. The predicted octanol–water partition coefficient (Wildman–Crippen LogP) is 2.56. The molecule has 0 amide bonds. The number of nitrogens with zero attached hydrogens (tertiary/aromatic N) is 1. The van der Waals surface area contributed by atoms with Crippen LogP contribution < -0.4 is 4.72 Å². The van der Waals surface area contributed by atoms with E-state index in [1.54, 1.807) is 24.3 Å². The molecule has 1 aromatic carbocycles. The first-order chi connectivity index (χ1) is 9.32. The molecule has 1 N–H and O–H groups in total. The molecular formula is C15H20N2O2S. The Balaban J connectivity index is 2.05. The van der Waals surface area contributed by atoms with Gasteiger partial charge in [-0.1, -0.05) is 32.4 Å². The Kier molecular flexibility index (Phi) is 4.17. The van der Waals surface area contributed by atoms with Gasteiger partial charge in [-0.3, -0.25) is 0 Å². The standard InChI is InChI=1S/C15H20N2O2S/c1-15(2)9-3-4-14(15)17-20(18,19)11-13-7-5-12(10-16)6-8-13/h5-8,14,17H,3-4,9,11H2,1-2H3.